The first-order valence-electron chi connectivity index (χ1n) is 2.93. The lowest BCUT2D eigenvalue weighted by Gasteiger charge is -2.20. The van der Waals surface area contributed by atoms with Crippen molar-refractivity contribution in [3.8, 4) is 0 Å². The molecule has 0 aromatic heterocycles. The molecule has 0 aromatic rings. The summed E-state index contributed by atoms with van der Waals surface area (Å²) in [6.45, 7) is 4.55. The summed E-state index contributed by atoms with van der Waals surface area (Å²) >= 11 is 1.89. The highest BCUT2D eigenvalue weighted by molar-refractivity contribution is 9.10. The van der Waals surface area contributed by atoms with Crippen LogP contribution in [-0.2, 0) is 9.53 Å². The van der Waals surface area contributed by atoms with Crippen LogP contribution in [0.4, 0.5) is 8.78 Å². The van der Waals surface area contributed by atoms with Gasteiger partial charge in [-0.3, -0.25) is 0 Å². The average molecular weight is 231 g/mol. The van der Waals surface area contributed by atoms with Gasteiger partial charge in [0.1, 0.15) is 5.60 Å². The Balaban J connectivity index is 4.11. The minimum Gasteiger partial charge on any atom is -0.455 e. The lowest BCUT2D eigenvalue weighted by atomic mass is 10.2. The Morgan fingerprint density at radius 3 is 1.82 bits per heavy atom. The summed E-state index contributed by atoms with van der Waals surface area (Å²) in [6.07, 6.45) is 0. The SMILES string of the molecule is CC(C)(C)OC(=O)C(F)(F)Br. The molecule has 0 aromatic carbocycles. The van der Waals surface area contributed by atoms with Gasteiger partial charge in [0, 0.05) is 15.9 Å². The van der Waals surface area contributed by atoms with E-state index in [1.54, 1.807) is 0 Å². The van der Waals surface area contributed by atoms with Gasteiger partial charge in [0.2, 0.25) is 0 Å². The summed E-state index contributed by atoms with van der Waals surface area (Å²) in [5.41, 5.74) is -0.881. The Labute approximate surface area is 72.0 Å². The number of halogens is 3. The third kappa shape index (κ3) is 5.12. The molecule has 0 aliphatic heterocycles. The minimum absolute atomic E-state index is 0.881. The van der Waals surface area contributed by atoms with Crippen molar-refractivity contribution in [2.45, 2.75) is 31.2 Å². The number of hydrogen-bond acceptors (Lipinski definition) is 2. The zero-order valence-corrected chi connectivity index (χ0v) is 8.04. The summed E-state index contributed by atoms with van der Waals surface area (Å²) in [5, 5.41) is 0. The molecule has 0 spiro atoms. The van der Waals surface area contributed by atoms with E-state index in [2.05, 4.69) is 4.74 Å². The van der Waals surface area contributed by atoms with E-state index < -0.39 is 16.4 Å². The first kappa shape index (κ1) is 10.8. The number of hydrogen-bond donors (Lipinski definition) is 0. The van der Waals surface area contributed by atoms with Crippen LogP contribution >= 0.6 is 15.9 Å². The van der Waals surface area contributed by atoms with E-state index in [1.807, 2.05) is 15.9 Å². The molecule has 2 nitrogen and oxygen atoms in total. The molecule has 0 heterocycles. The summed E-state index contributed by atoms with van der Waals surface area (Å²) in [6, 6.07) is 0. The van der Waals surface area contributed by atoms with Crippen LogP contribution in [-0.4, -0.2) is 16.4 Å². The van der Waals surface area contributed by atoms with Gasteiger partial charge in [-0.2, -0.15) is 8.78 Å². The van der Waals surface area contributed by atoms with Crippen molar-refractivity contribution >= 4 is 21.9 Å². The van der Waals surface area contributed by atoms with Crippen LogP contribution in [0.2, 0.25) is 0 Å². The lowest BCUT2D eigenvalue weighted by molar-refractivity contribution is -0.170. The fourth-order valence-electron chi connectivity index (χ4n) is 0.336. The second-order valence-corrected chi connectivity index (χ2v) is 4.00. The molecule has 0 rings (SSSR count). The molecule has 0 aliphatic rings. The first-order valence-corrected chi connectivity index (χ1v) is 3.72. The second-order valence-electron chi connectivity index (χ2n) is 3.00. The van der Waals surface area contributed by atoms with Gasteiger partial charge in [0.25, 0.3) is 0 Å². The van der Waals surface area contributed by atoms with Crippen molar-refractivity contribution in [1.82, 2.24) is 0 Å². The van der Waals surface area contributed by atoms with Gasteiger partial charge in [0.05, 0.1) is 0 Å². The van der Waals surface area contributed by atoms with Crippen LogP contribution in [0.3, 0.4) is 0 Å². The van der Waals surface area contributed by atoms with Crippen LogP contribution in [0, 0.1) is 0 Å². The third-order valence-corrected chi connectivity index (χ3v) is 0.954. The normalized spacial score (nSPS) is 12.9. The Kier molecular flexibility index (Phi) is 2.99. The highest BCUT2D eigenvalue weighted by atomic mass is 79.9. The molecule has 0 saturated carbocycles. The monoisotopic (exact) mass is 230 g/mol. The molecule has 0 saturated heterocycles. The number of ether oxygens (including phenoxy) is 1. The molecule has 5 heteroatoms. The topological polar surface area (TPSA) is 26.3 Å². The Bertz CT molecular complexity index is 157. The van der Waals surface area contributed by atoms with E-state index in [0.717, 1.165) is 0 Å². The smallest absolute Gasteiger partial charge is 0.396 e. The van der Waals surface area contributed by atoms with E-state index in [0.29, 0.717) is 0 Å². The largest absolute Gasteiger partial charge is 0.455 e. The number of alkyl halides is 3. The Hall–Kier alpha value is -0.190. The summed E-state index contributed by atoms with van der Waals surface area (Å²) in [5.74, 6) is -1.56. The fraction of sp³-hybridized carbons (Fsp3) is 0.833. The van der Waals surface area contributed by atoms with Crippen LogP contribution in [0.5, 0.6) is 0 Å². The highest BCUT2D eigenvalue weighted by Gasteiger charge is 2.39. The van der Waals surface area contributed by atoms with E-state index in [9.17, 15) is 13.6 Å². The highest BCUT2D eigenvalue weighted by Crippen LogP contribution is 2.25. The summed E-state index contributed by atoms with van der Waals surface area (Å²) < 4.78 is 28.5. The van der Waals surface area contributed by atoms with Crippen molar-refractivity contribution in [3.05, 3.63) is 0 Å². The summed E-state index contributed by atoms with van der Waals surface area (Å²) in [4.78, 5) is 6.88. The predicted molar refractivity (Wildman–Crippen MR) is 39.7 cm³/mol. The molecule has 0 unspecified atom stereocenters. The maximum Gasteiger partial charge on any atom is 0.396 e. The maximum absolute atomic E-state index is 12.1. The predicted octanol–water partition coefficient (Wildman–Crippen LogP) is 2.32. The molecule has 0 amide bonds. The van der Waals surface area contributed by atoms with Gasteiger partial charge in [0.15, 0.2) is 0 Å². The molecule has 0 bridgehead atoms. The van der Waals surface area contributed by atoms with Crippen molar-refractivity contribution < 1.29 is 18.3 Å². The molecule has 0 fully saturated rings. The van der Waals surface area contributed by atoms with Gasteiger partial charge in [-0.15, -0.1) is 0 Å². The van der Waals surface area contributed by atoms with Crippen LogP contribution in [0.25, 0.3) is 0 Å². The van der Waals surface area contributed by atoms with Crippen molar-refractivity contribution in [2.24, 2.45) is 0 Å². The minimum atomic E-state index is -3.58. The zero-order valence-electron chi connectivity index (χ0n) is 6.45. The number of rotatable bonds is 1. The molecule has 0 aliphatic carbocycles. The molecule has 66 valence electrons. The first-order chi connectivity index (χ1) is 4.63. The fourth-order valence-corrected chi connectivity index (χ4v) is 0.417. The van der Waals surface area contributed by atoms with Crippen molar-refractivity contribution in [3.63, 3.8) is 0 Å². The number of carbonyl (C=O) groups excluding carboxylic acids is 1. The van der Waals surface area contributed by atoms with E-state index in [-0.39, 0.29) is 0 Å². The van der Waals surface area contributed by atoms with E-state index in [4.69, 9.17) is 0 Å². The Morgan fingerprint density at radius 2 is 1.73 bits per heavy atom. The van der Waals surface area contributed by atoms with Gasteiger partial charge < -0.3 is 4.74 Å². The van der Waals surface area contributed by atoms with E-state index >= 15 is 0 Å². The third-order valence-electron chi connectivity index (χ3n) is 0.630. The van der Waals surface area contributed by atoms with Crippen LogP contribution in [0.15, 0.2) is 0 Å². The number of carbonyl (C=O) groups is 1. The average Bonchev–Trinajstić information content (AvgIpc) is 1.56. The van der Waals surface area contributed by atoms with Crippen LogP contribution in [0.1, 0.15) is 20.8 Å². The van der Waals surface area contributed by atoms with Gasteiger partial charge in [-0.1, -0.05) is 0 Å². The lowest BCUT2D eigenvalue weighted by Crippen LogP contribution is -2.32. The van der Waals surface area contributed by atoms with Gasteiger partial charge >= 0.3 is 10.8 Å². The van der Waals surface area contributed by atoms with Gasteiger partial charge in [-0.05, 0) is 20.8 Å². The van der Waals surface area contributed by atoms with Crippen LogP contribution < -0.4 is 0 Å². The van der Waals surface area contributed by atoms with E-state index in [1.165, 1.54) is 20.8 Å². The molecule has 11 heavy (non-hydrogen) atoms. The Morgan fingerprint density at radius 1 is 1.36 bits per heavy atom. The standard InChI is InChI=1S/C6H9BrF2O2/c1-5(2,3)11-4(10)6(7,8)9/h1-3H3. The molecular weight excluding hydrogens is 222 g/mol. The second kappa shape index (κ2) is 3.05. The van der Waals surface area contributed by atoms with Crippen molar-refractivity contribution in [2.75, 3.05) is 0 Å². The molecule has 0 radical (unpaired) electrons. The summed E-state index contributed by atoms with van der Waals surface area (Å²) in [7, 11) is 0. The molecule has 0 N–H and O–H groups in total. The maximum atomic E-state index is 12.1. The van der Waals surface area contributed by atoms with Crippen molar-refractivity contribution in [1.29, 1.82) is 0 Å². The molecular formula is C6H9BrF2O2. The quantitative estimate of drug-likeness (QED) is 0.511. The molecule has 0 atom stereocenters. The zero-order chi connectivity index (χ0) is 9.28. The number of esters is 1. The van der Waals surface area contributed by atoms with Gasteiger partial charge in [-0.25, -0.2) is 4.79 Å².